The molecule has 0 unspecified atom stereocenters. The molecule has 0 spiro atoms. The number of nitrogen functional groups attached to an aromatic ring is 1. The predicted octanol–water partition coefficient (Wildman–Crippen LogP) is 2.81. The van der Waals surface area contributed by atoms with Crippen molar-refractivity contribution >= 4 is 5.69 Å². The van der Waals surface area contributed by atoms with Gasteiger partial charge in [-0.1, -0.05) is 0 Å². The molecule has 0 aliphatic heterocycles. The molecule has 0 amide bonds. The Morgan fingerprint density at radius 1 is 1.26 bits per heavy atom. The number of aryl methyl sites for hydroxylation is 2. The van der Waals surface area contributed by atoms with Crippen molar-refractivity contribution in [3.8, 4) is 11.4 Å². The highest BCUT2D eigenvalue weighted by Gasteiger charge is 2.15. The van der Waals surface area contributed by atoms with Crippen LogP contribution in [0.15, 0.2) is 18.2 Å². The molecule has 0 radical (unpaired) electrons. The molecular weight excluding hydrogens is 259 g/mol. The van der Waals surface area contributed by atoms with Gasteiger partial charge in [0.2, 0.25) is 0 Å². The fourth-order valence-electron chi connectivity index (χ4n) is 1.80. The summed E-state index contributed by atoms with van der Waals surface area (Å²) in [7, 11) is 0. The minimum atomic E-state index is -3.11. The van der Waals surface area contributed by atoms with E-state index in [-0.39, 0.29) is 5.69 Å². The number of benzene rings is 1. The molecule has 0 aliphatic rings. The van der Waals surface area contributed by atoms with Crippen molar-refractivity contribution in [2.45, 2.75) is 20.5 Å². The molecule has 7 heteroatoms. The third kappa shape index (κ3) is 2.64. The van der Waals surface area contributed by atoms with Crippen molar-refractivity contribution in [2.75, 3.05) is 5.73 Å². The number of nitrogens with zero attached hydrogens (tertiary/aromatic N) is 2. The lowest BCUT2D eigenvalue weighted by atomic mass is 10.2. The van der Waals surface area contributed by atoms with E-state index in [1.54, 1.807) is 19.9 Å². The second-order valence-electron chi connectivity index (χ2n) is 4.06. The number of nitrogens with two attached hydrogens (primary N) is 1. The fourth-order valence-corrected chi connectivity index (χ4v) is 1.80. The van der Waals surface area contributed by atoms with Gasteiger partial charge in [-0.25, -0.2) is 9.07 Å². The summed E-state index contributed by atoms with van der Waals surface area (Å²) in [5.74, 6) is -1.50. The Hall–Kier alpha value is -2.18. The number of rotatable bonds is 3. The van der Waals surface area contributed by atoms with Gasteiger partial charge in [0.25, 0.3) is 0 Å². The summed E-state index contributed by atoms with van der Waals surface area (Å²) in [5, 5.41) is 4.16. The fraction of sp³-hybridized carbons (Fsp3) is 0.250. The zero-order chi connectivity index (χ0) is 14.2. The van der Waals surface area contributed by atoms with Crippen LogP contribution in [0.4, 0.5) is 18.9 Å². The van der Waals surface area contributed by atoms with Gasteiger partial charge >= 0.3 is 6.61 Å². The van der Waals surface area contributed by atoms with Crippen LogP contribution in [0.2, 0.25) is 0 Å². The van der Waals surface area contributed by atoms with E-state index in [9.17, 15) is 13.2 Å². The molecule has 1 heterocycles. The van der Waals surface area contributed by atoms with E-state index in [2.05, 4.69) is 9.84 Å². The molecule has 4 nitrogen and oxygen atoms in total. The lowest BCUT2D eigenvalue weighted by Crippen LogP contribution is -2.08. The van der Waals surface area contributed by atoms with E-state index < -0.39 is 18.2 Å². The van der Waals surface area contributed by atoms with Crippen molar-refractivity contribution < 1.29 is 17.9 Å². The zero-order valence-corrected chi connectivity index (χ0v) is 10.3. The Bertz CT molecular complexity index is 611. The molecule has 1 aromatic carbocycles. The first-order valence-electron chi connectivity index (χ1n) is 5.46. The maximum atomic E-state index is 13.4. The van der Waals surface area contributed by atoms with Crippen molar-refractivity contribution in [1.82, 2.24) is 9.78 Å². The molecule has 19 heavy (non-hydrogen) atoms. The first kappa shape index (κ1) is 13.3. The number of aromatic nitrogens is 2. The summed E-state index contributed by atoms with van der Waals surface area (Å²) in [5.41, 5.74) is 7.55. The molecular formula is C12H12F3N3O. The average molecular weight is 271 g/mol. The van der Waals surface area contributed by atoms with Crippen LogP contribution in [0.1, 0.15) is 11.4 Å². The van der Waals surface area contributed by atoms with E-state index in [1.165, 1.54) is 4.68 Å². The normalized spacial score (nSPS) is 11.1. The average Bonchev–Trinajstić information content (AvgIpc) is 2.61. The standard InChI is InChI=1S/C12H12F3N3O/c1-6-3-7(2)18(17-6)10-5-11(19-12(14)15)8(13)4-9(10)16/h3-5,12H,16H2,1-2H3. The van der Waals surface area contributed by atoms with Gasteiger partial charge in [0, 0.05) is 17.8 Å². The summed E-state index contributed by atoms with van der Waals surface area (Å²) >= 11 is 0. The number of ether oxygens (including phenoxy) is 1. The summed E-state index contributed by atoms with van der Waals surface area (Å²) in [6.07, 6.45) is 0. The SMILES string of the molecule is Cc1cc(C)n(-c2cc(OC(F)F)c(F)cc2N)n1. The van der Waals surface area contributed by atoms with Crippen LogP contribution in [-0.2, 0) is 0 Å². The summed E-state index contributed by atoms with van der Waals surface area (Å²) in [6, 6.07) is 3.83. The second-order valence-corrected chi connectivity index (χ2v) is 4.06. The Kier molecular flexibility index (Phi) is 3.37. The van der Waals surface area contributed by atoms with Gasteiger partial charge in [-0.15, -0.1) is 0 Å². The molecule has 1 aromatic heterocycles. The van der Waals surface area contributed by atoms with Gasteiger partial charge in [-0.3, -0.25) is 0 Å². The van der Waals surface area contributed by atoms with Crippen LogP contribution in [0.25, 0.3) is 5.69 Å². The molecule has 0 saturated carbocycles. The highest BCUT2D eigenvalue weighted by Crippen LogP contribution is 2.28. The van der Waals surface area contributed by atoms with Gasteiger partial charge in [0.1, 0.15) is 0 Å². The van der Waals surface area contributed by atoms with Gasteiger partial charge in [-0.05, 0) is 19.9 Å². The van der Waals surface area contributed by atoms with Gasteiger partial charge in [-0.2, -0.15) is 13.9 Å². The molecule has 2 aromatic rings. The summed E-state index contributed by atoms with van der Waals surface area (Å²) < 4.78 is 43.3. The summed E-state index contributed by atoms with van der Waals surface area (Å²) in [4.78, 5) is 0. The highest BCUT2D eigenvalue weighted by molar-refractivity contribution is 5.61. The molecule has 0 bridgehead atoms. The second kappa shape index (κ2) is 4.83. The first-order chi connectivity index (χ1) is 8.88. The molecule has 102 valence electrons. The van der Waals surface area contributed by atoms with Crippen molar-refractivity contribution in [3.63, 3.8) is 0 Å². The lowest BCUT2D eigenvalue weighted by Gasteiger charge is -2.12. The maximum Gasteiger partial charge on any atom is 0.387 e. The van der Waals surface area contributed by atoms with Gasteiger partial charge in [0.05, 0.1) is 17.1 Å². The van der Waals surface area contributed by atoms with Crippen molar-refractivity contribution in [2.24, 2.45) is 0 Å². The van der Waals surface area contributed by atoms with E-state index in [0.717, 1.165) is 23.5 Å². The van der Waals surface area contributed by atoms with Crippen LogP contribution in [0.5, 0.6) is 5.75 Å². The minimum absolute atomic E-state index is 0.0883. The Balaban J connectivity index is 2.54. The number of halogens is 3. The first-order valence-corrected chi connectivity index (χ1v) is 5.46. The van der Waals surface area contributed by atoms with Crippen molar-refractivity contribution in [3.05, 3.63) is 35.4 Å². The van der Waals surface area contributed by atoms with E-state index in [1.807, 2.05) is 0 Å². The van der Waals surface area contributed by atoms with Gasteiger partial charge in [0.15, 0.2) is 11.6 Å². The quantitative estimate of drug-likeness (QED) is 0.873. The monoisotopic (exact) mass is 271 g/mol. The smallest absolute Gasteiger partial charge is 0.387 e. The Morgan fingerprint density at radius 3 is 2.47 bits per heavy atom. The largest absolute Gasteiger partial charge is 0.432 e. The zero-order valence-electron chi connectivity index (χ0n) is 10.3. The molecule has 0 fully saturated rings. The third-order valence-corrected chi connectivity index (χ3v) is 2.54. The van der Waals surface area contributed by atoms with Gasteiger partial charge < -0.3 is 10.5 Å². The number of hydrogen-bond donors (Lipinski definition) is 1. The Morgan fingerprint density at radius 2 is 1.95 bits per heavy atom. The summed E-state index contributed by atoms with van der Waals surface area (Å²) in [6.45, 7) is 0.447. The maximum absolute atomic E-state index is 13.4. The van der Waals surface area contributed by atoms with Crippen LogP contribution >= 0.6 is 0 Å². The molecule has 2 rings (SSSR count). The minimum Gasteiger partial charge on any atom is -0.432 e. The number of alkyl halides is 2. The number of hydrogen-bond acceptors (Lipinski definition) is 3. The number of anilines is 1. The van der Waals surface area contributed by atoms with E-state index >= 15 is 0 Å². The molecule has 2 N–H and O–H groups in total. The van der Waals surface area contributed by atoms with Crippen LogP contribution in [0, 0.1) is 19.7 Å². The van der Waals surface area contributed by atoms with Crippen molar-refractivity contribution in [1.29, 1.82) is 0 Å². The van der Waals surface area contributed by atoms with E-state index in [0.29, 0.717) is 5.69 Å². The van der Waals surface area contributed by atoms with Crippen LogP contribution in [-0.4, -0.2) is 16.4 Å². The molecule has 0 aliphatic carbocycles. The predicted molar refractivity (Wildman–Crippen MR) is 64.0 cm³/mol. The Labute approximate surface area is 107 Å². The van der Waals surface area contributed by atoms with Crippen LogP contribution < -0.4 is 10.5 Å². The highest BCUT2D eigenvalue weighted by atomic mass is 19.3. The third-order valence-electron chi connectivity index (χ3n) is 2.54. The molecule has 0 atom stereocenters. The van der Waals surface area contributed by atoms with E-state index in [4.69, 9.17) is 5.73 Å². The lowest BCUT2D eigenvalue weighted by molar-refractivity contribution is -0.0521. The van der Waals surface area contributed by atoms with Crippen LogP contribution in [0.3, 0.4) is 0 Å². The topological polar surface area (TPSA) is 53.1 Å². The molecule has 0 saturated heterocycles.